The number of piperidine rings is 3. The van der Waals surface area contributed by atoms with Crippen molar-refractivity contribution in [3.63, 3.8) is 0 Å². The van der Waals surface area contributed by atoms with Crippen molar-refractivity contribution >= 4 is 12.4 Å². The molecule has 0 amide bonds. The summed E-state index contributed by atoms with van der Waals surface area (Å²) in [6.45, 7) is 3.64. The maximum absolute atomic E-state index is 5.51. The highest BCUT2D eigenvalue weighted by atomic mass is 35.5. The summed E-state index contributed by atoms with van der Waals surface area (Å²) in [5, 5.41) is 4.72. The molecule has 0 saturated carbocycles. The van der Waals surface area contributed by atoms with Crippen molar-refractivity contribution in [3.05, 3.63) is 36.5 Å². The van der Waals surface area contributed by atoms with Crippen LogP contribution in [0.1, 0.15) is 18.9 Å². The molecular formula is C17H22ClN3O. The molecular weight excluding hydrogens is 298 g/mol. The Labute approximate surface area is 137 Å². The molecule has 2 aromatic rings. The highest BCUT2D eigenvalue weighted by Crippen LogP contribution is 2.38. The molecule has 3 aliphatic heterocycles. The van der Waals surface area contributed by atoms with E-state index in [0.29, 0.717) is 6.04 Å². The fourth-order valence-electron chi connectivity index (χ4n) is 3.75. The Morgan fingerprint density at radius 1 is 1.14 bits per heavy atom. The van der Waals surface area contributed by atoms with Gasteiger partial charge in [-0.15, -0.1) is 17.5 Å². The number of halogens is 1. The molecule has 0 radical (unpaired) electrons. The molecule has 1 aromatic carbocycles. The Balaban J connectivity index is 0.00000144. The molecule has 22 heavy (non-hydrogen) atoms. The molecule has 1 aromatic heterocycles. The second-order valence-corrected chi connectivity index (χ2v) is 6.10. The molecule has 3 aliphatic rings. The van der Waals surface area contributed by atoms with E-state index in [9.17, 15) is 0 Å². The summed E-state index contributed by atoms with van der Waals surface area (Å²) >= 11 is 0. The maximum atomic E-state index is 5.51. The van der Waals surface area contributed by atoms with Crippen LogP contribution in [0.5, 0.6) is 5.88 Å². The third kappa shape index (κ3) is 2.61. The molecule has 4 nitrogen and oxygen atoms in total. The number of hydrogen-bond donors (Lipinski definition) is 0. The van der Waals surface area contributed by atoms with Crippen molar-refractivity contribution in [1.82, 2.24) is 14.7 Å². The number of ether oxygens (including phenoxy) is 1. The van der Waals surface area contributed by atoms with Gasteiger partial charge in [0, 0.05) is 12.7 Å². The first kappa shape index (κ1) is 15.4. The van der Waals surface area contributed by atoms with E-state index in [0.717, 1.165) is 23.9 Å². The maximum Gasteiger partial charge on any atom is 0.240 e. The topological polar surface area (TPSA) is 30.3 Å². The van der Waals surface area contributed by atoms with Crippen LogP contribution >= 0.6 is 12.4 Å². The standard InChI is InChI=1S/C17H21N3O.ClH/c1-21-17-15(13-5-3-2-4-6-13)11-20(18-17)16-12-19-9-7-14(16)8-10-19;/h2-6,11,14,16H,7-10,12H2,1H3;1H. The summed E-state index contributed by atoms with van der Waals surface area (Å²) in [4.78, 5) is 2.56. The number of nitrogens with zero attached hydrogens (tertiary/aromatic N) is 3. The van der Waals surface area contributed by atoms with Crippen LogP contribution in [0.15, 0.2) is 36.5 Å². The summed E-state index contributed by atoms with van der Waals surface area (Å²) in [7, 11) is 1.70. The third-order valence-corrected chi connectivity index (χ3v) is 4.94. The minimum absolute atomic E-state index is 0. The van der Waals surface area contributed by atoms with E-state index in [2.05, 4.69) is 40.0 Å². The van der Waals surface area contributed by atoms with Gasteiger partial charge in [-0.25, -0.2) is 0 Å². The summed E-state index contributed by atoms with van der Waals surface area (Å²) in [6.07, 6.45) is 4.77. The molecule has 0 N–H and O–H groups in total. The zero-order valence-corrected chi connectivity index (χ0v) is 13.6. The SMILES string of the molecule is COc1nn(C2CN3CCC2CC3)cc1-c1ccccc1.Cl. The molecule has 5 heteroatoms. The summed E-state index contributed by atoms with van der Waals surface area (Å²) in [6, 6.07) is 10.9. The molecule has 118 valence electrons. The predicted molar refractivity (Wildman–Crippen MR) is 89.7 cm³/mol. The second kappa shape index (κ2) is 6.31. The van der Waals surface area contributed by atoms with Crippen LogP contribution in [0.3, 0.4) is 0 Å². The Kier molecular flexibility index (Phi) is 4.41. The minimum atomic E-state index is 0. The van der Waals surface area contributed by atoms with Crippen LogP contribution in [0.2, 0.25) is 0 Å². The van der Waals surface area contributed by atoms with Gasteiger partial charge in [0.05, 0.1) is 18.7 Å². The van der Waals surface area contributed by atoms with Crippen molar-refractivity contribution in [3.8, 4) is 17.0 Å². The van der Waals surface area contributed by atoms with Gasteiger partial charge in [-0.1, -0.05) is 30.3 Å². The van der Waals surface area contributed by atoms with Crippen LogP contribution in [0, 0.1) is 5.92 Å². The molecule has 1 unspecified atom stereocenters. The zero-order chi connectivity index (χ0) is 14.2. The van der Waals surface area contributed by atoms with E-state index < -0.39 is 0 Å². The third-order valence-electron chi connectivity index (χ3n) is 4.94. The average Bonchev–Trinajstić information content (AvgIpc) is 3.01. The number of rotatable bonds is 3. The first-order valence-electron chi connectivity index (χ1n) is 7.76. The largest absolute Gasteiger partial charge is 0.479 e. The molecule has 4 heterocycles. The van der Waals surface area contributed by atoms with Gasteiger partial charge in [0.1, 0.15) is 0 Å². The van der Waals surface area contributed by atoms with E-state index in [-0.39, 0.29) is 12.4 Å². The Bertz CT molecular complexity index is 620. The number of fused-ring (bicyclic) bond motifs is 3. The van der Waals surface area contributed by atoms with Gasteiger partial charge in [0.25, 0.3) is 0 Å². The zero-order valence-electron chi connectivity index (χ0n) is 12.8. The smallest absolute Gasteiger partial charge is 0.240 e. The summed E-state index contributed by atoms with van der Waals surface area (Å²) in [5.74, 6) is 1.50. The van der Waals surface area contributed by atoms with E-state index in [1.54, 1.807) is 7.11 Å². The van der Waals surface area contributed by atoms with Crippen molar-refractivity contribution in [1.29, 1.82) is 0 Å². The van der Waals surface area contributed by atoms with E-state index >= 15 is 0 Å². The predicted octanol–water partition coefficient (Wildman–Crippen LogP) is 3.25. The lowest BCUT2D eigenvalue weighted by Gasteiger charge is -2.44. The summed E-state index contributed by atoms with van der Waals surface area (Å²) < 4.78 is 7.66. The van der Waals surface area contributed by atoms with Gasteiger partial charge in [-0.3, -0.25) is 4.68 Å². The molecule has 0 aliphatic carbocycles. The molecule has 3 fully saturated rings. The summed E-state index contributed by atoms with van der Waals surface area (Å²) in [5.41, 5.74) is 2.26. The van der Waals surface area contributed by atoms with Gasteiger partial charge in [0.2, 0.25) is 5.88 Å². The Morgan fingerprint density at radius 2 is 1.86 bits per heavy atom. The van der Waals surface area contributed by atoms with Gasteiger partial charge in [-0.2, -0.15) is 0 Å². The lowest BCUT2D eigenvalue weighted by atomic mass is 9.84. The molecule has 5 rings (SSSR count). The number of hydrogen-bond acceptors (Lipinski definition) is 3. The first-order chi connectivity index (χ1) is 10.3. The number of aromatic nitrogens is 2. The van der Waals surface area contributed by atoms with Gasteiger partial charge < -0.3 is 9.64 Å². The van der Waals surface area contributed by atoms with Crippen molar-refractivity contribution in [2.75, 3.05) is 26.7 Å². The fourth-order valence-corrected chi connectivity index (χ4v) is 3.75. The Morgan fingerprint density at radius 3 is 2.45 bits per heavy atom. The molecule has 1 atom stereocenters. The van der Waals surface area contributed by atoms with Crippen molar-refractivity contribution in [2.45, 2.75) is 18.9 Å². The molecule has 3 saturated heterocycles. The first-order valence-corrected chi connectivity index (χ1v) is 7.76. The quantitative estimate of drug-likeness (QED) is 0.870. The van der Waals surface area contributed by atoms with E-state index in [1.165, 1.54) is 31.5 Å². The van der Waals surface area contributed by atoms with Crippen LogP contribution in [0.25, 0.3) is 11.1 Å². The van der Waals surface area contributed by atoms with Crippen LogP contribution in [-0.4, -0.2) is 41.4 Å². The highest BCUT2D eigenvalue weighted by molar-refractivity contribution is 5.85. The van der Waals surface area contributed by atoms with Crippen LogP contribution < -0.4 is 4.74 Å². The average molecular weight is 320 g/mol. The number of benzene rings is 1. The number of methoxy groups -OCH3 is 1. The normalized spacial score (nSPS) is 26.5. The second-order valence-electron chi connectivity index (χ2n) is 6.10. The van der Waals surface area contributed by atoms with Gasteiger partial charge in [0.15, 0.2) is 0 Å². The van der Waals surface area contributed by atoms with E-state index in [1.807, 2.05) is 6.07 Å². The fraction of sp³-hybridized carbons (Fsp3) is 0.471. The lowest BCUT2D eigenvalue weighted by molar-refractivity contribution is 0.0507. The monoisotopic (exact) mass is 319 g/mol. The Hall–Kier alpha value is -1.52. The molecule has 0 spiro atoms. The van der Waals surface area contributed by atoms with Crippen LogP contribution in [-0.2, 0) is 0 Å². The van der Waals surface area contributed by atoms with Crippen LogP contribution in [0.4, 0.5) is 0 Å². The molecule has 2 bridgehead atoms. The van der Waals surface area contributed by atoms with Gasteiger partial charge in [-0.05, 0) is 37.4 Å². The van der Waals surface area contributed by atoms with Gasteiger partial charge >= 0.3 is 0 Å². The van der Waals surface area contributed by atoms with E-state index in [4.69, 9.17) is 9.84 Å². The van der Waals surface area contributed by atoms with Crippen molar-refractivity contribution < 1.29 is 4.74 Å². The van der Waals surface area contributed by atoms with Crippen molar-refractivity contribution in [2.24, 2.45) is 5.92 Å². The lowest BCUT2D eigenvalue weighted by Crippen LogP contribution is -2.48. The minimum Gasteiger partial charge on any atom is -0.479 e. The highest BCUT2D eigenvalue weighted by Gasteiger charge is 2.36.